The molecule has 1 aliphatic rings. The monoisotopic (exact) mass is 204 g/mol. The predicted octanol–water partition coefficient (Wildman–Crippen LogP) is 2.55. The maximum atomic E-state index is 11.4. The molecule has 0 bridgehead atoms. The van der Waals surface area contributed by atoms with Crippen LogP contribution in [0.4, 0.5) is 0 Å². The van der Waals surface area contributed by atoms with Crippen LogP contribution in [0.3, 0.4) is 0 Å². The highest BCUT2D eigenvalue weighted by Gasteiger charge is 2.33. The van der Waals surface area contributed by atoms with Gasteiger partial charge in [0.15, 0.2) is 5.60 Å². The number of hydrogen-bond donors (Lipinski definition) is 0. The standard InChI is InChI=1S/C12H12O3/c1-12(2)11(13)7-10(15-12)4-3-9-5-6-14-8-9/h3-8H,1-2H3/b4-3+. The highest BCUT2D eigenvalue weighted by atomic mass is 16.5. The fourth-order valence-electron chi connectivity index (χ4n) is 1.31. The highest BCUT2D eigenvalue weighted by Crippen LogP contribution is 2.25. The first-order valence-corrected chi connectivity index (χ1v) is 4.73. The second kappa shape index (κ2) is 3.42. The molecule has 1 aromatic rings. The van der Waals surface area contributed by atoms with Crippen molar-refractivity contribution in [3.05, 3.63) is 42.1 Å². The number of hydrogen-bond acceptors (Lipinski definition) is 3. The molecule has 0 spiro atoms. The molecule has 0 unspecified atom stereocenters. The Hall–Kier alpha value is -1.77. The maximum absolute atomic E-state index is 11.4. The summed E-state index contributed by atoms with van der Waals surface area (Å²) in [6.07, 6.45) is 8.33. The third-order valence-electron chi connectivity index (χ3n) is 2.22. The molecule has 0 aliphatic carbocycles. The van der Waals surface area contributed by atoms with Crippen molar-refractivity contribution < 1.29 is 13.9 Å². The Kier molecular flexibility index (Phi) is 2.23. The molecule has 0 atom stereocenters. The van der Waals surface area contributed by atoms with Gasteiger partial charge in [-0.3, -0.25) is 4.79 Å². The summed E-state index contributed by atoms with van der Waals surface area (Å²) in [5.41, 5.74) is 0.215. The summed E-state index contributed by atoms with van der Waals surface area (Å²) in [6, 6.07) is 1.83. The van der Waals surface area contributed by atoms with Crippen LogP contribution < -0.4 is 0 Å². The Balaban J connectivity index is 2.10. The molecular formula is C12H12O3. The first kappa shape index (κ1) is 9.77. The van der Waals surface area contributed by atoms with Crippen molar-refractivity contribution in [1.29, 1.82) is 0 Å². The molecule has 78 valence electrons. The summed E-state index contributed by atoms with van der Waals surface area (Å²) in [5.74, 6) is 0.584. The van der Waals surface area contributed by atoms with Gasteiger partial charge in [-0.15, -0.1) is 0 Å². The molecule has 0 amide bonds. The second-order valence-electron chi connectivity index (χ2n) is 3.91. The number of rotatable bonds is 2. The average Bonchev–Trinajstić information content (AvgIpc) is 2.72. The number of allylic oxidation sites excluding steroid dienone is 1. The minimum Gasteiger partial charge on any atom is -0.480 e. The summed E-state index contributed by atoms with van der Waals surface area (Å²) >= 11 is 0. The first-order valence-electron chi connectivity index (χ1n) is 4.73. The molecule has 1 aromatic heterocycles. The normalized spacial score (nSPS) is 19.3. The minimum absolute atomic E-state index is 0.00524. The van der Waals surface area contributed by atoms with Crippen LogP contribution in [0.1, 0.15) is 19.4 Å². The number of carbonyl (C=O) groups excluding carboxylic acids is 1. The Labute approximate surface area is 88.0 Å². The van der Waals surface area contributed by atoms with E-state index < -0.39 is 5.60 Å². The van der Waals surface area contributed by atoms with Crippen LogP contribution in [0.15, 0.2) is 40.9 Å². The summed E-state index contributed by atoms with van der Waals surface area (Å²) < 4.78 is 10.4. The van der Waals surface area contributed by atoms with Crippen molar-refractivity contribution in [2.75, 3.05) is 0 Å². The van der Waals surface area contributed by atoms with Crippen molar-refractivity contribution in [1.82, 2.24) is 0 Å². The van der Waals surface area contributed by atoms with Gasteiger partial charge in [-0.05, 0) is 32.1 Å². The Bertz CT molecular complexity index is 422. The van der Waals surface area contributed by atoms with E-state index in [1.54, 1.807) is 32.4 Å². The highest BCUT2D eigenvalue weighted by molar-refractivity contribution is 5.99. The van der Waals surface area contributed by atoms with Crippen LogP contribution in [0.5, 0.6) is 0 Å². The van der Waals surface area contributed by atoms with Gasteiger partial charge >= 0.3 is 0 Å². The SMILES string of the molecule is CC1(C)OC(/C=C/c2ccoc2)=CC1=O. The third-order valence-corrected chi connectivity index (χ3v) is 2.22. The summed E-state index contributed by atoms with van der Waals surface area (Å²) in [4.78, 5) is 11.4. The van der Waals surface area contributed by atoms with Gasteiger partial charge in [0, 0.05) is 11.6 Å². The van der Waals surface area contributed by atoms with Crippen LogP contribution in [0.25, 0.3) is 6.08 Å². The maximum Gasteiger partial charge on any atom is 0.202 e. The molecule has 0 saturated carbocycles. The molecule has 1 aliphatic heterocycles. The van der Waals surface area contributed by atoms with Crippen LogP contribution in [-0.4, -0.2) is 11.4 Å². The van der Waals surface area contributed by atoms with E-state index in [0.717, 1.165) is 5.56 Å². The van der Waals surface area contributed by atoms with E-state index in [0.29, 0.717) is 5.76 Å². The van der Waals surface area contributed by atoms with E-state index in [1.807, 2.05) is 12.1 Å². The van der Waals surface area contributed by atoms with E-state index in [9.17, 15) is 4.79 Å². The quantitative estimate of drug-likeness (QED) is 0.743. The molecule has 3 heteroatoms. The predicted molar refractivity (Wildman–Crippen MR) is 56.0 cm³/mol. The molecule has 0 radical (unpaired) electrons. The zero-order chi connectivity index (χ0) is 10.9. The van der Waals surface area contributed by atoms with Gasteiger partial charge in [-0.25, -0.2) is 0 Å². The molecule has 3 nitrogen and oxygen atoms in total. The van der Waals surface area contributed by atoms with Crippen molar-refractivity contribution in [2.45, 2.75) is 19.4 Å². The van der Waals surface area contributed by atoms with Crippen molar-refractivity contribution in [2.24, 2.45) is 0 Å². The fraction of sp³-hybridized carbons (Fsp3) is 0.250. The third kappa shape index (κ3) is 2.01. The van der Waals surface area contributed by atoms with Crippen molar-refractivity contribution >= 4 is 11.9 Å². The molecule has 0 fully saturated rings. The van der Waals surface area contributed by atoms with Crippen LogP contribution >= 0.6 is 0 Å². The lowest BCUT2D eigenvalue weighted by Crippen LogP contribution is -2.27. The van der Waals surface area contributed by atoms with E-state index in [4.69, 9.17) is 9.15 Å². The Morgan fingerprint density at radius 2 is 2.13 bits per heavy atom. The number of ketones is 1. The minimum atomic E-state index is -0.726. The van der Waals surface area contributed by atoms with Gasteiger partial charge < -0.3 is 9.15 Å². The van der Waals surface area contributed by atoms with Crippen LogP contribution in [-0.2, 0) is 9.53 Å². The smallest absolute Gasteiger partial charge is 0.202 e. The van der Waals surface area contributed by atoms with E-state index in [2.05, 4.69) is 0 Å². The van der Waals surface area contributed by atoms with Gasteiger partial charge in [-0.1, -0.05) is 0 Å². The van der Waals surface area contributed by atoms with Crippen molar-refractivity contribution in [3.8, 4) is 0 Å². The molecule has 0 aromatic carbocycles. The van der Waals surface area contributed by atoms with Gasteiger partial charge in [-0.2, -0.15) is 0 Å². The van der Waals surface area contributed by atoms with Crippen molar-refractivity contribution in [3.63, 3.8) is 0 Å². The summed E-state index contributed by atoms with van der Waals surface area (Å²) in [7, 11) is 0. The first-order chi connectivity index (χ1) is 7.08. The zero-order valence-electron chi connectivity index (χ0n) is 8.69. The molecule has 15 heavy (non-hydrogen) atoms. The van der Waals surface area contributed by atoms with Crippen LogP contribution in [0, 0.1) is 0 Å². The van der Waals surface area contributed by atoms with E-state index >= 15 is 0 Å². The van der Waals surface area contributed by atoms with E-state index in [-0.39, 0.29) is 5.78 Å². The van der Waals surface area contributed by atoms with Crippen LogP contribution in [0.2, 0.25) is 0 Å². The Morgan fingerprint density at radius 1 is 1.33 bits per heavy atom. The molecular weight excluding hydrogens is 192 g/mol. The molecule has 2 heterocycles. The summed E-state index contributed by atoms with van der Waals surface area (Å²) in [5, 5.41) is 0. The van der Waals surface area contributed by atoms with Gasteiger partial charge in [0.05, 0.1) is 12.5 Å². The molecule has 0 N–H and O–H groups in total. The lowest BCUT2D eigenvalue weighted by Gasteiger charge is -2.16. The average molecular weight is 204 g/mol. The van der Waals surface area contributed by atoms with Gasteiger partial charge in [0.1, 0.15) is 5.76 Å². The van der Waals surface area contributed by atoms with Gasteiger partial charge in [0.2, 0.25) is 5.78 Å². The summed E-state index contributed by atoms with van der Waals surface area (Å²) in [6.45, 7) is 3.51. The lowest BCUT2D eigenvalue weighted by atomic mass is 10.1. The molecule has 0 saturated heterocycles. The lowest BCUT2D eigenvalue weighted by molar-refractivity contribution is -0.126. The number of furan rings is 1. The van der Waals surface area contributed by atoms with Gasteiger partial charge in [0.25, 0.3) is 0 Å². The molecule has 2 rings (SSSR count). The number of ether oxygens (including phenoxy) is 1. The second-order valence-corrected chi connectivity index (χ2v) is 3.91. The Morgan fingerprint density at radius 3 is 2.67 bits per heavy atom. The zero-order valence-corrected chi connectivity index (χ0v) is 8.69. The topological polar surface area (TPSA) is 39.4 Å². The largest absolute Gasteiger partial charge is 0.480 e. The fourth-order valence-corrected chi connectivity index (χ4v) is 1.31. The van der Waals surface area contributed by atoms with E-state index in [1.165, 1.54) is 6.08 Å². The number of carbonyl (C=O) groups is 1.